The maximum absolute atomic E-state index is 10.4. The molecule has 16 heavy (non-hydrogen) atoms. The molecule has 0 radical (unpaired) electrons. The summed E-state index contributed by atoms with van der Waals surface area (Å²) in [6.45, 7) is 2.43. The van der Waals surface area contributed by atoms with Gasteiger partial charge in [0.05, 0.1) is 13.1 Å². The topological polar surface area (TPSA) is 79.5 Å². The number of unbranched alkanes of at least 4 members (excludes halogenated alkanes) is 1. The van der Waals surface area contributed by atoms with Crippen molar-refractivity contribution in [1.82, 2.24) is 15.0 Å². The molecule has 1 aromatic rings. The molecule has 1 aromatic heterocycles. The van der Waals surface area contributed by atoms with E-state index < -0.39 is 5.97 Å². The van der Waals surface area contributed by atoms with E-state index in [1.807, 2.05) is 0 Å². The van der Waals surface area contributed by atoms with Crippen molar-refractivity contribution in [3.05, 3.63) is 11.7 Å². The highest BCUT2D eigenvalue weighted by Gasteiger charge is 2.10. The van der Waals surface area contributed by atoms with Gasteiger partial charge >= 0.3 is 5.97 Å². The normalized spacial score (nSPS) is 10.9. The summed E-state index contributed by atoms with van der Waals surface area (Å²) < 4.78 is 5.02. The number of hydrogen-bond donors (Lipinski definition) is 1. The number of rotatable bonds is 7. The van der Waals surface area contributed by atoms with Crippen molar-refractivity contribution in [1.29, 1.82) is 0 Å². The number of carboxylic acids is 1. The number of aliphatic carboxylic acids is 1. The Morgan fingerprint density at radius 1 is 1.56 bits per heavy atom. The van der Waals surface area contributed by atoms with Gasteiger partial charge in [0, 0.05) is 6.42 Å². The van der Waals surface area contributed by atoms with Crippen molar-refractivity contribution in [2.24, 2.45) is 0 Å². The lowest BCUT2D eigenvalue weighted by Crippen LogP contribution is -2.25. The summed E-state index contributed by atoms with van der Waals surface area (Å²) >= 11 is 0. The minimum absolute atomic E-state index is 0.0350. The van der Waals surface area contributed by atoms with Gasteiger partial charge in [0.15, 0.2) is 5.82 Å². The predicted molar refractivity (Wildman–Crippen MR) is 56.9 cm³/mol. The van der Waals surface area contributed by atoms with E-state index in [2.05, 4.69) is 17.1 Å². The zero-order chi connectivity index (χ0) is 12.0. The fraction of sp³-hybridized carbons (Fsp3) is 0.700. The van der Waals surface area contributed by atoms with Gasteiger partial charge in [-0.15, -0.1) is 0 Å². The molecule has 1 rings (SSSR count). The number of carboxylic acid groups (broad SMARTS) is 1. The van der Waals surface area contributed by atoms with E-state index in [1.165, 1.54) is 0 Å². The molecule has 0 aliphatic heterocycles. The molecule has 0 amide bonds. The highest BCUT2D eigenvalue weighted by Crippen LogP contribution is 2.04. The van der Waals surface area contributed by atoms with Crippen molar-refractivity contribution in [3.8, 4) is 0 Å². The van der Waals surface area contributed by atoms with E-state index in [0.29, 0.717) is 18.3 Å². The third-order valence-corrected chi connectivity index (χ3v) is 2.07. The first-order valence-electron chi connectivity index (χ1n) is 5.33. The molecule has 0 aromatic carbocycles. The van der Waals surface area contributed by atoms with Crippen LogP contribution in [-0.2, 0) is 17.8 Å². The quantitative estimate of drug-likeness (QED) is 0.746. The molecule has 0 saturated heterocycles. The molecule has 0 bridgehead atoms. The molecule has 0 atom stereocenters. The molecule has 90 valence electrons. The number of carbonyl (C=O) groups is 1. The van der Waals surface area contributed by atoms with E-state index in [-0.39, 0.29) is 6.54 Å². The Balaban J connectivity index is 2.42. The smallest absolute Gasteiger partial charge is 0.317 e. The van der Waals surface area contributed by atoms with Crippen molar-refractivity contribution < 1.29 is 14.4 Å². The summed E-state index contributed by atoms with van der Waals surface area (Å²) in [4.78, 5) is 16.2. The molecule has 0 unspecified atom stereocenters. The molecular weight excluding hydrogens is 210 g/mol. The number of aryl methyl sites for hydroxylation is 1. The lowest BCUT2D eigenvalue weighted by molar-refractivity contribution is -0.138. The number of nitrogens with zero attached hydrogens (tertiary/aromatic N) is 3. The van der Waals surface area contributed by atoms with Crippen LogP contribution in [-0.4, -0.2) is 39.7 Å². The van der Waals surface area contributed by atoms with Crippen LogP contribution in [0.5, 0.6) is 0 Å². The Morgan fingerprint density at radius 3 is 2.94 bits per heavy atom. The Hall–Kier alpha value is -1.43. The van der Waals surface area contributed by atoms with Gasteiger partial charge in [-0.3, -0.25) is 9.69 Å². The summed E-state index contributed by atoms with van der Waals surface area (Å²) in [5.74, 6) is 0.295. The van der Waals surface area contributed by atoms with Crippen molar-refractivity contribution >= 4 is 5.97 Å². The van der Waals surface area contributed by atoms with Crippen molar-refractivity contribution in [2.45, 2.75) is 32.7 Å². The highest BCUT2D eigenvalue weighted by molar-refractivity contribution is 5.68. The Labute approximate surface area is 94.3 Å². The van der Waals surface area contributed by atoms with Crippen LogP contribution in [0.4, 0.5) is 0 Å². The largest absolute Gasteiger partial charge is 0.480 e. The van der Waals surface area contributed by atoms with Gasteiger partial charge < -0.3 is 9.63 Å². The first-order chi connectivity index (χ1) is 7.61. The minimum Gasteiger partial charge on any atom is -0.480 e. The molecule has 0 spiro atoms. The fourth-order valence-corrected chi connectivity index (χ4v) is 1.31. The number of hydrogen-bond acceptors (Lipinski definition) is 5. The van der Waals surface area contributed by atoms with Crippen LogP contribution in [0.3, 0.4) is 0 Å². The summed E-state index contributed by atoms with van der Waals surface area (Å²) in [5, 5.41) is 12.4. The third-order valence-electron chi connectivity index (χ3n) is 2.07. The molecule has 1 N–H and O–H groups in total. The van der Waals surface area contributed by atoms with Gasteiger partial charge in [-0.25, -0.2) is 0 Å². The lowest BCUT2D eigenvalue weighted by Gasteiger charge is -2.09. The van der Waals surface area contributed by atoms with Crippen LogP contribution in [0.2, 0.25) is 0 Å². The second-order valence-electron chi connectivity index (χ2n) is 3.77. The SMILES string of the molecule is CCCCc1noc(CN(C)CC(=O)O)n1. The number of likely N-dealkylation sites (N-methyl/N-ethyl adjacent to an activating group) is 1. The molecular formula is C10H17N3O3. The molecule has 0 fully saturated rings. The second-order valence-corrected chi connectivity index (χ2v) is 3.77. The first kappa shape index (κ1) is 12.6. The van der Waals surface area contributed by atoms with Crippen LogP contribution in [0.1, 0.15) is 31.5 Å². The molecule has 6 heteroatoms. The predicted octanol–water partition coefficient (Wildman–Crippen LogP) is 0.929. The molecule has 1 heterocycles. The van der Waals surface area contributed by atoms with E-state index in [9.17, 15) is 4.79 Å². The highest BCUT2D eigenvalue weighted by atomic mass is 16.5. The third kappa shape index (κ3) is 4.39. The van der Waals surface area contributed by atoms with Gasteiger partial charge in [0.25, 0.3) is 0 Å². The van der Waals surface area contributed by atoms with Crippen LogP contribution >= 0.6 is 0 Å². The van der Waals surface area contributed by atoms with Crippen molar-refractivity contribution in [2.75, 3.05) is 13.6 Å². The maximum Gasteiger partial charge on any atom is 0.317 e. The average Bonchev–Trinajstić information content (AvgIpc) is 2.61. The number of aromatic nitrogens is 2. The van der Waals surface area contributed by atoms with Crippen LogP contribution in [0.15, 0.2) is 4.52 Å². The second kappa shape index (κ2) is 6.22. The zero-order valence-corrected chi connectivity index (χ0v) is 9.64. The van der Waals surface area contributed by atoms with Gasteiger partial charge in [0.1, 0.15) is 0 Å². The first-order valence-corrected chi connectivity index (χ1v) is 5.33. The van der Waals surface area contributed by atoms with E-state index >= 15 is 0 Å². The van der Waals surface area contributed by atoms with Crippen LogP contribution in [0.25, 0.3) is 0 Å². The summed E-state index contributed by atoms with van der Waals surface area (Å²) in [7, 11) is 1.70. The molecule has 0 aliphatic rings. The minimum atomic E-state index is -0.867. The van der Waals surface area contributed by atoms with Gasteiger partial charge in [-0.2, -0.15) is 4.98 Å². The van der Waals surface area contributed by atoms with Gasteiger partial charge in [-0.1, -0.05) is 18.5 Å². The molecule has 6 nitrogen and oxygen atoms in total. The summed E-state index contributed by atoms with van der Waals surface area (Å²) in [6.07, 6.45) is 2.93. The van der Waals surface area contributed by atoms with E-state index in [4.69, 9.17) is 9.63 Å². The average molecular weight is 227 g/mol. The Morgan fingerprint density at radius 2 is 2.31 bits per heavy atom. The molecule has 0 aliphatic carbocycles. The van der Waals surface area contributed by atoms with E-state index in [0.717, 1.165) is 19.3 Å². The lowest BCUT2D eigenvalue weighted by atomic mass is 10.2. The Kier molecular flexibility index (Phi) is 4.91. The van der Waals surface area contributed by atoms with Crippen LogP contribution in [0, 0.1) is 0 Å². The summed E-state index contributed by atoms with van der Waals surface area (Å²) in [5.41, 5.74) is 0. The zero-order valence-electron chi connectivity index (χ0n) is 9.64. The van der Waals surface area contributed by atoms with Gasteiger partial charge in [0.2, 0.25) is 5.89 Å². The standard InChI is InChI=1S/C10H17N3O3/c1-3-4-5-8-11-9(16-12-8)6-13(2)7-10(14)15/h3-7H2,1-2H3,(H,14,15). The van der Waals surface area contributed by atoms with Crippen molar-refractivity contribution in [3.63, 3.8) is 0 Å². The fourth-order valence-electron chi connectivity index (χ4n) is 1.31. The monoisotopic (exact) mass is 227 g/mol. The van der Waals surface area contributed by atoms with Crippen LogP contribution < -0.4 is 0 Å². The maximum atomic E-state index is 10.4. The van der Waals surface area contributed by atoms with E-state index in [1.54, 1.807) is 11.9 Å². The molecule has 0 saturated carbocycles. The Bertz CT molecular complexity index is 338. The summed E-state index contributed by atoms with van der Waals surface area (Å²) in [6, 6.07) is 0. The van der Waals surface area contributed by atoms with Gasteiger partial charge in [-0.05, 0) is 13.5 Å².